The summed E-state index contributed by atoms with van der Waals surface area (Å²) in [6.07, 6.45) is 0. The Morgan fingerprint density at radius 3 is 1.23 bits per heavy atom. The van der Waals surface area contributed by atoms with E-state index in [0.29, 0.717) is 0 Å². The minimum absolute atomic E-state index is 1.03. The van der Waals surface area contributed by atoms with Gasteiger partial charge in [0.1, 0.15) is 5.30 Å². The van der Waals surface area contributed by atoms with Gasteiger partial charge in [-0.3, -0.25) is 0 Å². The lowest BCUT2D eigenvalue weighted by Gasteiger charge is -2.18. The molecule has 0 saturated carbocycles. The lowest BCUT2D eigenvalue weighted by molar-refractivity contribution is 0.625. The Bertz CT molecular complexity index is 1290. The maximum absolute atomic E-state index is 10.5. The van der Waals surface area contributed by atoms with Gasteiger partial charge >= 0.3 is 0 Å². The molecule has 146 valence electrons. The molecule has 2 heteroatoms. The normalized spacial score (nSPS) is 11.8. The van der Waals surface area contributed by atoms with Crippen LogP contribution < -0.4 is 5.30 Å². The third-order valence-electron chi connectivity index (χ3n) is 5.78. The van der Waals surface area contributed by atoms with Crippen molar-refractivity contribution < 1.29 is 4.89 Å². The predicted octanol–water partition coefficient (Wildman–Crippen LogP) is 7.14. The molecule has 5 aromatic rings. The van der Waals surface area contributed by atoms with Crippen LogP contribution in [0.25, 0.3) is 43.8 Å². The second kappa shape index (κ2) is 7.36. The van der Waals surface area contributed by atoms with Crippen LogP contribution in [0.5, 0.6) is 0 Å². The highest BCUT2D eigenvalue weighted by atomic mass is 31.2. The van der Waals surface area contributed by atoms with E-state index in [2.05, 4.69) is 103 Å². The lowest BCUT2D eigenvalue weighted by atomic mass is 9.86. The van der Waals surface area contributed by atoms with Gasteiger partial charge in [0, 0.05) is 0 Å². The van der Waals surface area contributed by atoms with Gasteiger partial charge in [0.2, 0.25) is 0 Å². The smallest absolute Gasteiger partial charge is 0.168 e. The first-order valence-corrected chi connectivity index (χ1v) is 12.8. The van der Waals surface area contributed by atoms with Crippen molar-refractivity contribution in [2.24, 2.45) is 0 Å². The Hall–Kier alpha value is -2.99. The summed E-state index contributed by atoms with van der Waals surface area (Å²) < 4.78 is 0. The number of benzene rings is 5. The molecule has 0 aliphatic heterocycles. The van der Waals surface area contributed by atoms with Crippen molar-refractivity contribution in [2.45, 2.75) is 0 Å². The molecule has 5 rings (SSSR count). The molecule has 30 heavy (non-hydrogen) atoms. The largest absolute Gasteiger partial charge is 0.247 e. The highest BCUT2D eigenvalue weighted by molar-refractivity contribution is 7.76. The van der Waals surface area contributed by atoms with Crippen molar-refractivity contribution in [3.05, 3.63) is 103 Å². The molecule has 0 saturated heterocycles. The fourth-order valence-corrected chi connectivity index (χ4v) is 5.23. The Labute approximate surface area is 178 Å². The van der Waals surface area contributed by atoms with Crippen LogP contribution >= 0.6 is 7.49 Å². The summed E-state index contributed by atoms with van der Waals surface area (Å²) in [6.45, 7) is 3.86. The number of fused-ring (bicyclic) bond motifs is 2. The van der Waals surface area contributed by atoms with E-state index in [-0.39, 0.29) is 0 Å². The summed E-state index contributed by atoms with van der Waals surface area (Å²) in [4.78, 5) is 10.5. The summed E-state index contributed by atoms with van der Waals surface area (Å²) in [7, 11) is -2.02. The van der Waals surface area contributed by atoms with Crippen molar-refractivity contribution in [3.63, 3.8) is 0 Å². The van der Waals surface area contributed by atoms with Crippen molar-refractivity contribution in [3.8, 4) is 22.3 Å². The molecule has 0 spiro atoms. The van der Waals surface area contributed by atoms with Crippen LogP contribution in [-0.2, 0) is 0 Å². The first kappa shape index (κ1) is 19.0. The molecule has 0 atom stereocenters. The summed E-state index contributed by atoms with van der Waals surface area (Å²) in [5.41, 5.74) is 4.95. The van der Waals surface area contributed by atoms with Crippen molar-refractivity contribution in [1.29, 1.82) is 0 Å². The van der Waals surface area contributed by atoms with Gasteiger partial charge in [-0.15, -0.1) is 0 Å². The molecule has 0 aromatic heterocycles. The zero-order valence-electron chi connectivity index (χ0n) is 17.2. The minimum Gasteiger partial charge on any atom is -0.247 e. The second-order valence-corrected chi connectivity index (χ2v) is 11.5. The summed E-state index contributed by atoms with van der Waals surface area (Å²) in [5.74, 6) is 0. The first-order chi connectivity index (χ1) is 14.5. The van der Waals surface area contributed by atoms with Crippen LogP contribution in [-0.4, -0.2) is 18.2 Å². The van der Waals surface area contributed by atoms with E-state index in [1.54, 1.807) is 0 Å². The first-order valence-electron chi connectivity index (χ1n) is 10.2. The second-order valence-electron chi connectivity index (χ2n) is 8.15. The van der Waals surface area contributed by atoms with Crippen LogP contribution in [0.4, 0.5) is 0 Å². The Balaban J connectivity index is 1.88. The average molecular weight is 407 g/mol. The molecule has 1 nitrogen and oxygen atoms in total. The van der Waals surface area contributed by atoms with E-state index >= 15 is 0 Å². The fraction of sp³-hybridized carbons (Fsp3) is 0.0714. The van der Waals surface area contributed by atoms with Gasteiger partial charge in [-0.2, -0.15) is 0 Å². The Morgan fingerprint density at radius 2 is 0.833 bits per heavy atom. The molecular formula is C28H24OP+. The summed E-state index contributed by atoms with van der Waals surface area (Å²) in [5, 5.41) is 6.05. The standard InChI is InChI=1S/C28H24OP/c1-30(2,29)22-18-16-21(17-19-22)28-25-14-8-6-12-23(25)27(20-10-4-3-5-11-20)24-13-7-9-15-26(24)28/h3-19,29H,1-2H3/q+1. The Morgan fingerprint density at radius 1 is 0.467 bits per heavy atom. The lowest BCUT2D eigenvalue weighted by Crippen LogP contribution is -2.07. The van der Waals surface area contributed by atoms with E-state index < -0.39 is 7.49 Å². The molecule has 0 aliphatic carbocycles. The molecule has 0 aliphatic rings. The van der Waals surface area contributed by atoms with Crippen LogP contribution in [0, 0.1) is 0 Å². The molecule has 5 aromatic carbocycles. The number of hydrogen-bond donors (Lipinski definition) is 1. The van der Waals surface area contributed by atoms with E-state index in [1.165, 1.54) is 43.8 Å². The Kier molecular flexibility index (Phi) is 4.66. The minimum atomic E-state index is -2.02. The van der Waals surface area contributed by atoms with E-state index in [9.17, 15) is 4.89 Å². The van der Waals surface area contributed by atoms with Crippen LogP contribution in [0.2, 0.25) is 0 Å². The molecule has 0 bridgehead atoms. The van der Waals surface area contributed by atoms with E-state index in [4.69, 9.17) is 0 Å². The third-order valence-corrected chi connectivity index (χ3v) is 7.34. The maximum atomic E-state index is 10.5. The zero-order chi connectivity index (χ0) is 20.7. The summed E-state index contributed by atoms with van der Waals surface area (Å²) >= 11 is 0. The molecule has 0 fully saturated rings. The van der Waals surface area contributed by atoms with Crippen LogP contribution in [0.3, 0.4) is 0 Å². The quantitative estimate of drug-likeness (QED) is 0.249. The fourth-order valence-electron chi connectivity index (χ4n) is 4.35. The SMILES string of the molecule is C[P+](C)(O)c1ccc(-c2c3ccccc3c(-c3ccccc3)c3ccccc23)cc1. The maximum Gasteiger partial charge on any atom is 0.168 e. The summed E-state index contributed by atoms with van der Waals surface area (Å²) in [6, 6.07) is 36.5. The zero-order valence-corrected chi connectivity index (χ0v) is 18.1. The van der Waals surface area contributed by atoms with Gasteiger partial charge in [0.15, 0.2) is 7.49 Å². The number of hydrogen-bond acceptors (Lipinski definition) is 1. The van der Waals surface area contributed by atoms with Crippen LogP contribution in [0.15, 0.2) is 103 Å². The molecule has 0 unspecified atom stereocenters. The molecule has 1 N–H and O–H groups in total. The van der Waals surface area contributed by atoms with Gasteiger partial charge in [0.25, 0.3) is 0 Å². The van der Waals surface area contributed by atoms with Crippen molar-refractivity contribution in [2.75, 3.05) is 13.3 Å². The molecule has 0 heterocycles. The van der Waals surface area contributed by atoms with E-state index in [0.717, 1.165) is 5.30 Å². The van der Waals surface area contributed by atoms with Gasteiger partial charge in [-0.05, 0) is 55.9 Å². The highest BCUT2D eigenvalue weighted by Gasteiger charge is 2.25. The predicted molar refractivity (Wildman–Crippen MR) is 133 cm³/mol. The monoisotopic (exact) mass is 407 g/mol. The van der Waals surface area contributed by atoms with Crippen molar-refractivity contribution >= 4 is 34.3 Å². The third kappa shape index (κ3) is 3.21. The van der Waals surface area contributed by atoms with E-state index in [1.807, 2.05) is 13.3 Å². The van der Waals surface area contributed by atoms with Gasteiger partial charge in [-0.1, -0.05) is 91.0 Å². The number of rotatable bonds is 3. The van der Waals surface area contributed by atoms with Gasteiger partial charge in [0.05, 0.1) is 13.3 Å². The highest BCUT2D eigenvalue weighted by Crippen LogP contribution is 2.46. The average Bonchev–Trinajstić information content (AvgIpc) is 2.77. The molecule has 0 radical (unpaired) electrons. The van der Waals surface area contributed by atoms with Gasteiger partial charge in [-0.25, -0.2) is 4.89 Å². The van der Waals surface area contributed by atoms with Gasteiger partial charge < -0.3 is 0 Å². The van der Waals surface area contributed by atoms with Crippen molar-refractivity contribution in [1.82, 2.24) is 0 Å². The topological polar surface area (TPSA) is 20.2 Å². The molecular weight excluding hydrogens is 383 g/mol. The molecule has 0 amide bonds. The van der Waals surface area contributed by atoms with Crippen LogP contribution in [0.1, 0.15) is 0 Å².